The van der Waals surface area contributed by atoms with Crippen LogP contribution in [0.15, 0.2) is 24.3 Å². The molecule has 0 saturated heterocycles. The van der Waals surface area contributed by atoms with Gasteiger partial charge in [0.05, 0.1) is 11.1 Å². The molecule has 0 aromatic heterocycles. The summed E-state index contributed by atoms with van der Waals surface area (Å²) in [5.41, 5.74) is 0.513. The number of carbonyl (C=O) groups is 3. The van der Waals surface area contributed by atoms with E-state index in [9.17, 15) is 14.4 Å². The fourth-order valence-electron chi connectivity index (χ4n) is 2.26. The zero-order valence-electron chi connectivity index (χ0n) is 12.3. The third-order valence-electron chi connectivity index (χ3n) is 3.40. The van der Waals surface area contributed by atoms with Crippen molar-refractivity contribution in [1.29, 1.82) is 0 Å². The lowest BCUT2D eigenvalue weighted by atomic mass is 10.1. The molecule has 0 bridgehead atoms. The first-order valence-electron chi connectivity index (χ1n) is 6.83. The lowest BCUT2D eigenvalue weighted by Crippen LogP contribution is -2.42. The van der Waals surface area contributed by atoms with Gasteiger partial charge in [0, 0.05) is 0 Å². The third kappa shape index (κ3) is 2.80. The first-order chi connectivity index (χ1) is 9.97. The zero-order valence-corrected chi connectivity index (χ0v) is 12.3. The van der Waals surface area contributed by atoms with Crippen molar-refractivity contribution in [3.8, 4) is 0 Å². The minimum absolute atomic E-state index is 0.257. The van der Waals surface area contributed by atoms with Crippen LogP contribution in [0, 0.1) is 0 Å². The number of nitrogens with zero attached hydrogens (tertiary/aromatic N) is 2. The van der Waals surface area contributed by atoms with Gasteiger partial charge in [-0.25, -0.2) is 4.79 Å². The Balaban J connectivity index is 2.16. The summed E-state index contributed by atoms with van der Waals surface area (Å²) >= 11 is 0. The molecule has 0 radical (unpaired) electrons. The fourth-order valence-corrected chi connectivity index (χ4v) is 2.26. The molecular weight excluding hydrogens is 272 g/mol. The zero-order chi connectivity index (χ0) is 15.6. The number of hydroxylamine groups is 2. The smallest absolute Gasteiger partial charge is 0.328 e. The molecule has 1 unspecified atom stereocenters. The van der Waals surface area contributed by atoms with E-state index in [1.165, 1.54) is 0 Å². The number of amides is 2. The van der Waals surface area contributed by atoms with E-state index >= 15 is 0 Å². The predicted octanol–water partition coefficient (Wildman–Crippen LogP) is 1.47. The molecule has 0 fully saturated rings. The summed E-state index contributed by atoms with van der Waals surface area (Å²) in [5, 5.41) is 0.555. The molecule has 0 aliphatic carbocycles. The Morgan fingerprint density at radius 1 is 1.19 bits per heavy atom. The van der Waals surface area contributed by atoms with Gasteiger partial charge in [0.25, 0.3) is 11.8 Å². The van der Waals surface area contributed by atoms with Gasteiger partial charge in [-0.1, -0.05) is 30.5 Å². The highest BCUT2D eigenvalue weighted by Gasteiger charge is 2.39. The van der Waals surface area contributed by atoms with Crippen molar-refractivity contribution < 1.29 is 19.2 Å². The maximum atomic E-state index is 12.2. The van der Waals surface area contributed by atoms with Gasteiger partial charge in [-0.3, -0.25) is 14.5 Å². The van der Waals surface area contributed by atoms with E-state index in [0.29, 0.717) is 11.5 Å². The van der Waals surface area contributed by atoms with Crippen LogP contribution in [0.3, 0.4) is 0 Å². The number of carbonyl (C=O) groups excluding carboxylic acids is 3. The van der Waals surface area contributed by atoms with Crippen LogP contribution in [-0.4, -0.2) is 47.9 Å². The predicted molar refractivity (Wildman–Crippen MR) is 75.4 cm³/mol. The molecule has 2 rings (SSSR count). The number of hydrogen-bond donors (Lipinski definition) is 0. The lowest BCUT2D eigenvalue weighted by Gasteiger charge is -2.23. The number of benzene rings is 1. The molecule has 0 saturated carbocycles. The summed E-state index contributed by atoms with van der Waals surface area (Å²) in [6.45, 7) is 1.95. The largest absolute Gasteiger partial charge is 0.350 e. The fraction of sp³-hybridized carbons (Fsp3) is 0.400. The molecule has 1 atom stereocenters. The van der Waals surface area contributed by atoms with Crippen LogP contribution >= 0.6 is 0 Å². The Kier molecular flexibility index (Phi) is 4.37. The van der Waals surface area contributed by atoms with Crippen LogP contribution in [-0.2, 0) is 9.63 Å². The molecule has 1 aromatic rings. The van der Waals surface area contributed by atoms with Gasteiger partial charge < -0.3 is 4.84 Å². The highest BCUT2D eigenvalue weighted by molar-refractivity contribution is 6.20. The monoisotopic (exact) mass is 290 g/mol. The number of rotatable bonds is 5. The second-order valence-electron chi connectivity index (χ2n) is 5.13. The minimum Gasteiger partial charge on any atom is -0.328 e. The molecular formula is C15H18N2O4. The van der Waals surface area contributed by atoms with E-state index in [0.717, 1.165) is 6.42 Å². The second-order valence-corrected chi connectivity index (χ2v) is 5.13. The van der Waals surface area contributed by atoms with Crippen molar-refractivity contribution in [1.82, 2.24) is 9.96 Å². The van der Waals surface area contributed by atoms with Crippen LogP contribution in [0.25, 0.3) is 0 Å². The molecule has 2 amide bonds. The summed E-state index contributed by atoms with van der Waals surface area (Å²) in [6.07, 6.45) is 1.38. The molecule has 1 aliphatic rings. The molecule has 1 heterocycles. The maximum Gasteiger partial charge on any atom is 0.350 e. The van der Waals surface area contributed by atoms with Crippen molar-refractivity contribution in [2.45, 2.75) is 25.8 Å². The second kappa shape index (κ2) is 6.05. The van der Waals surface area contributed by atoms with E-state index in [1.807, 2.05) is 6.92 Å². The van der Waals surface area contributed by atoms with Crippen LogP contribution in [0.5, 0.6) is 0 Å². The average Bonchev–Trinajstić information content (AvgIpc) is 2.70. The van der Waals surface area contributed by atoms with Gasteiger partial charge in [-0.05, 0) is 32.6 Å². The molecule has 6 heteroatoms. The van der Waals surface area contributed by atoms with Gasteiger partial charge >= 0.3 is 5.97 Å². The average molecular weight is 290 g/mol. The number of hydrogen-bond acceptors (Lipinski definition) is 5. The molecule has 1 aliphatic heterocycles. The van der Waals surface area contributed by atoms with Gasteiger partial charge in [0.1, 0.15) is 6.04 Å². The highest BCUT2D eigenvalue weighted by Crippen LogP contribution is 2.23. The summed E-state index contributed by atoms with van der Waals surface area (Å²) in [6, 6.07) is 5.92. The Hall–Kier alpha value is -2.21. The Morgan fingerprint density at radius 2 is 1.71 bits per heavy atom. The molecule has 112 valence electrons. The molecule has 0 N–H and O–H groups in total. The third-order valence-corrected chi connectivity index (χ3v) is 3.40. The standard InChI is InChI=1S/C15H18N2O4/c1-4-7-12(16(2)3)15(20)21-17-13(18)10-8-5-6-9-11(10)14(17)19/h5-6,8-9,12H,4,7H2,1-3H3. The Morgan fingerprint density at radius 3 is 2.14 bits per heavy atom. The van der Waals surface area contributed by atoms with Crippen molar-refractivity contribution >= 4 is 17.8 Å². The van der Waals surface area contributed by atoms with Crippen molar-refractivity contribution in [3.63, 3.8) is 0 Å². The molecule has 6 nitrogen and oxygen atoms in total. The maximum absolute atomic E-state index is 12.2. The van der Waals surface area contributed by atoms with E-state index < -0.39 is 23.8 Å². The van der Waals surface area contributed by atoms with Gasteiger partial charge in [-0.15, -0.1) is 0 Å². The van der Waals surface area contributed by atoms with Crippen LogP contribution in [0.2, 0.25) is 0 Å². The molecule has 21 heavy (non-hydrogen) atoms. The van der Waals surface area contributed by atoms with E-state index in [4.69, 9.17) is 4.84 Å². The summed E-state index contributed by atoms with van der Waals surface area (Å²) in [4.78, 5) is 43.1. The minimum atomic E-state index is -0.601. The summed E-state index contributed by atoms with van der Waals surface area (Å²) in [5.74, 6) is -1.80. The van der Waals surface area contributed by atoms with Gasteiger partial charge in [0.2, 0.25) is 0 Å². The highest BCUT2D eigenvalue weighted by atomic mass is 16.7. The van der Waals surface area contributed by atoms with E-state index in [2.05, 4.69) is 0 Å². The quantitative estimate of drug-likeness (QED) is 0.768. The lowest BCUT2D eigenvalue weighted by molar-refractivity contribution is -0.174. The Labute approximate surface area is 123 Å². The molecule has 1 aromatic carbocycles. The van der Waals surface area contributed by atoms with E-state index in [1.54, 1.807) is 43.3 Å². The van der Waals surface area contributed by atoms with Crippen molar-refractivity contribution in [2.75, 3.05) is 14.1 Å². The first-order valence-corrected chi connectivity index (χ1v) is 6.83. The van der Waals surface area contributed by atoms with Crippen LogP contribution in [0.4, 0.5) is 0 Å². The normalized spacial score (nSPS) is 15.3. The SMILES string of the molecule is CCCC(C(=O)ON1C(=O)c2ccccc2C1=O)N(C)C. The summed E-state index contributed by atoms with van der Waals surface area (Å²) in [7, 11) is 3.51. The number of fused-ring (bicyclic) bond motifs is 1. The molecule has 0 spiro atoms. The van der Waals surface area contributed by atoms with Crippen LogP contribution < -0.4 is 0 Å². The van der Waals surface area contributed by atoms with Crippen LogP contribution in [0.1, 0.15) is 40.5 Å². The Bertz CT molecular complexity index is 548. The van der Waals surface area contributed by atoms with Gasteiger partial charge in [-0.2, -0.15) is 0 Å². The number of imide groups is 1. The van der Waals surface area contributed by atoms with Crippen molar-refractivity contribution in [3.05, 3.63) is 35.4 Å². The van der Waals surface area contributed by atoms with E-state index in [-0.39, 0.29) is 11.1 Å². The van der Waals surface area contributed by atoms with Gasteiger partial charge in [0.15, 0.2) is 0 Å². The first kappa shape index (κ1) is 15.2. The topological polar surface area (TPSA) is 66.9 Å². The summed E-state index contributed by atoms with van der Waals surface area (Å²) < 4.78 is 0. The van der Waals surface area contributed by atoms with Crippen molar-refractivity contribution in [2.24, 2.45) is 0 Å². The number of likely N-dealkylation sites (N-methyl/N-ethyl adjacent to an activating group) is 1.